The van der Waals surface area contributed by atoms with E-state index in [9.17, 15) is 9.90 Å². The van der Waals surface area contributed by atoms with Crippen LogP contribution in [0.1, 0.15) is 10.4 Å². The maximum Gasteiger partial charge on any atom is 0.337 e. The van der Waals surface area contributed by atoms with Crippen molar-refractivity contribution in [2.24, 2.45) is 0 Å². The Morgan fingerprint density at radius 2 is 1.69 bits per heavy atom. The van der Waals surface area contributed by atoms with Crippen molar-refractivity contribution < 1.29 is 14.6 Å². The molecule has 4 aromatic rings. The van der Waals surface area contributed by atoms with Gasteiger partial charge in [-0.15, -0.1) is 0 Å². The predicted octanol–water partition coefficient (Wildman–Crippen LogP) is 6.41. The molecule has 3 aromatic carbocycles. The monoisotopic (exact) mass is 421 g/mol. The average molecular weight is 422 g/mol. The molecule has 0 spiro atoms. The number of carbonyl (C=O) groups is 1. The van der Waals surface area contributed by atoms with Gasteiger partial charge in [-0.05, 0) is 42.5 Å². The molecule has 0 radical (unpaired) electrons. The number of carboxylic acids is 1. The van der Waals surface area contributed by atoms with E-state index in [0.717, 1.165) is 16.2 Å². The summed E-state index contributed by atoms with van der Waals surface area (Å²) < 4.78 is 5.22. The van der Waals surface area contributed by atoms with Crippen LogP contribution in [0.5, 0.6) is 5.75 Å². The van der Waals surface area contributed by atoms with Crippen molar-refractivity contribution >= 4 is 40.2 Å². The minimum absolute atomic E-state index is 0.237. The number of hydrogen-bond donors (Lipinski definition) is 1. The predicted molar refractivity (Wildman–Crippen MR) is 116 cm³/mol. The van der Waals surface area contributed by atoms with Crippen molar-refractivity contribution in [3.63, 3.8) is 0 Å². The second-order valence-electron chi connectivity index (χ2n) is 6.27. The lowest BCUT2D eigenvalue weighted by Gasteiger charge is -2.15. The number of halogens is 1. The van der Waals surface area contributed by atoms with E-state index >= 15 is 0 Å². The van der Waals surface area contributed by atoms with Crippen LogP contribution in [0.3, 0.4) is 0 Å². The number of pyridine rings is 1. The van der Waals surface area contributed by atoms with E-state index in [1.54, 1.807) is 25.3 Å². The topological polar surface area (TPSA) is 59.4 Å². The van der Waals surface area contributed by atoms with Crippen LogP contribution < -0.4 is 4.74 Å². The largest absolute Gasteiger partial charge is 0.497 e. The lowest BCUT2D eigenvalue weighted by Crippen LogP contribution is -2.04. The second kappa shape index (κ2) is 8.15. The van der Waals surface area contributed by atoms with E-state index < -0.39 is 5.97 Å². The van der Waals surface area contributed by atoms with Crippen molar-refractivity contribution in [3.05, 3.63) is 83.4 Å². The number of ether oxygens (including phenoxy) is 1. The Morgan fingerprint density at radius 3 is 2.34 bits per heavy atom. The molecule has 0 amide bonds. The first-order valence-corrected chi connectivity index (χ1v) is 10.00. The molecule has 29 heavy (non-hydrogen) atoms. The third-order valence-electron chi connectivity index (χ3n) is 4.46. The average Bonchev–Trinajstić information content (AvgIpc) is 2.74. The molecule has 1 heterocycles. The molecule has 4 rings (SSSR count). The smallest absolute Gasteiger partial charge is 0.337 e. The van der Waals surface area contributed by atoms with Crippen molar-refractivity contribution in [3.8, 4) is 17.0 Å². The summed E-state index contributed by atoms with van der Waals surface area (Å²) in [7, 11) is 1.61. The van der Waals surface area contributed by atoms with E-state index in [0.29, 0.717) is 26.5 Å². The highest BCUT2D eigenvalue weighted by Crippen LogP contribution is 2.41. The lowest BCUT2D eigenvalue weighted by atomic mass is 10.0. The Bertz CT molecular complexity index is 1190. The number of para-hydroxylation sites is 1. The Kier molecular flexibility index (Phi) is 5.43. The summed E-state index contributed by atoms with van der Waals surface area (Å²) in [6, 6.07) is 22.0. The fraction of sp³-hybridized carbons (Fsp3) is 0.0435. The van der Waals surface area contributed by atoms with E-state index in [2.05, 4.69) is 0 Å². The number of rotatable bonds is 5. The number of nitrogens with zero attached hydrogens (tertiary/aromatic N) is 1. The number of carboxylic acid groups (broad SMARTS) is 1. The SMILES string of the molecule is COc1ccc(Sc2c(-c3ccc(Cl)cc3)nc3ccccc3c2C(=O)O)cc1. The first-order chi connectivity index (χ1) is 14.1. The molecule has 0 saturated heterocycles. The Balaban J connectivity index is 1.97. The summed E-state index contributed by atoms with van der Waals surface area (Å²) in [5, 5.41) is 11.3. The zero-order chi connectivity index (χ0) is 20.4. The second-order valence-corrected chi connectivity index (χ2v) is 7.79. The number of benzene rings is 3. The minimum Gasteiger partial charge on any atom is -0.497 e. The van der Waals surface area contributed by atoms with Crippen LogP contribution in [0, 0.1) is 0 Å². The highest BCUT2D eigenvalue weighted by molar-refractivity contribution is 7.99. The molecule has 0 atom stereocenters. The first kappa shape index (κ1) is 19.3. The van der Waals surface area contributed by atoms with Crippen LogP contribution in [-0.4, -0.2) is 23.2 Å². The summed E-state index contributed by atoms with van der Waals surface area (Å²) in [5.41, 5.74) is 2.28. The van der Waals surface area contributed by atoms with Crippen molar-refractivity contribution in [1.82, 2.24) is 4.98 Å². The number of aromatic carboxylic acids is 1. The molecule has 1 aromatic heterocycles. The number of aromatic nitrogens is 1. The molecule has 144 valence electrons. The minimum atomic E-state index is -0.991. The number of methoxy groups -OCH3 is 1. The summed E-state index contributed by atoms with van der Waals surface area (Å²) >= 11 is 7.41. The number of fused-ring (bicyclic) bond motifs is 1. The summed E-state index contributed by atoms with van der Waals surface area (Å²) in [4.78, 5) is 18.6. The molecule has 1 N–H and O–H groups in total. The van der Waals surface area contributed by atoms with E-state index in [4.69, 9.17) is 21.3 Å². The van der Waals surface area contributed by atoms with Gasteiger partial charge in [0.05, 0.1) is 28.8 Å². The van der Waals surface area contributed by atoms with Gasteiger partial charge in [-0.3, -0.25) is 0 Å². The zero-order valence-electron chi connectivity index (χ0n) is 15.4. The highest BCUT2D eigenvalue weighted by atomic mass is 35.5. The van der Waals surface area contributed by atoms with Crippen molar-refractivity contribution in [1.29, 1.82) is 0 Å². The standard InChI is InChI=1S/C23H16ClNO3S/c1-28-16-10-12-17(13-11-16)29-22-20(23(26)27)18-4-2-3-5-19(18)25-21(22)14-6-8-15(24)9-7-14/h2-13H,1H3,(H,26,27). The van der Waals surface area contributed by atoms with Gasteiger partial charge in [0.15, 0.2) is 0 Å². The van der Waals surface area contributed by atoms with Crippen LogP contribution in [-0.2, 0) is 0 Å². The molecule has 0 aliphatic rings. The van der Waals surface area contributed by atoms with Crippen LogP contribution in [0.4, 0.5) is 0 Å². The third kappa shape index (κ3) is 3.92. The summed E-state index contributed by atoms with van der Waals surface area (Å²) in [6.07, 6.45) is 0. The molecule has 0 bridgehead atoms. The molecule has 4 nitrogen and oxygen atoms in total. The van der Waals surface area contributed by atoms with Crippen LogP contribution in [0.2, 0.25) is 5.02 Å². The molecule has 0 unspecified atom stereocenters. The Hall–Kier alpha value is -3.02. The van der Waals surface area contributed by atoms with E-state index in [1.807, 2.05) is 54.6 Å². The molecule has 6 heteroatoms. The summed E-state index contributed by atoms with van der Waals surface area (Å²) in [6.45, 7) is 0. The molecule has 0 aliphatic carbocycles. The molecule has 0 saturated carbocycles. The van der Waals surface area contributed by atoms with Gasteiger partial charge in [0.1, 0.15) is 5.75 Å². The highest BCUT2D eigenvalue weighted by Gasteiger charge is 2.22. The zero-order valence-corrected chi connectivity index (χ0v) is 17.0. The maximum absolute atomic E-state index is 12.3. The van der Waals surface area contributed by atoms with Crippen molar-refractivity contribution in [2.45, 2.75) is 9.79 Å². The van der Waals surface area contributed by atoms with Crippen LogP contribution in [0.25, 0.3) is 22.2 Å². The quantitative estimate of drug-likeness (QED) is 0.403. The first-order valence-electron chi connectivity index (χ1n) is 8.80. The van der Waals surface area contributed by atoms with Crippen molar-refractivity contribution in [2.75, 3.05) is 7.11 Å². The van der Waals surface area contributed by atoms with Crippen LogP contribution in [0.15, 0.2) is 82.6 Å². The molecular weight excluding hydrogens is 406 g/mol. The molecule has 0 fully saturated rings. The molecule has 0 aliphatic heterocycles. The number of hydrogen-bond acceptors (Lipinski definition) is 4. The Morgan fingerprint density at radius 1 is 1.00 bits per heavy atom. The fourth-order valence-electron chi connectivity index (χ4n) is 3.07. The van der Waals surface area contributed by atoms with Gasteiger partial charge in [-0.1, -0.05) is 53.7 Å². The lowest BCUT2D eigenvalue weighted by molar-refractivity contribution is 0.0695. The van der Waals surface area contributed by atoms with Crippen LogP contribution >= 0.6 is 23.4 Å². The van der Waals surface area contributed by atoms with Gasteiger partial charge in [0, 0.05) is 20.9 Å². The maximum atomic E-state index is 12.3. The fourth-order valence-corrected chi connectivity index (χ4v) is 4.26. The van der Waals surface area contributed by atoms with Gasteiger partial charge in [0.25, 0.3) is 0 Å². The van der Waals surface area contributed by atoms with Gasteiger partial charge in [-0.2, -0.15) is 0 Å². The third-order valence-corrected chi connectivity index (χ3v) is 5.82. The summed E-state index contributed by atoms with van der Waals surface area (Å²) in [5.74, 6) is -0.253. The normalized spacial score (nSPS) is 10.8. The van der Waals surface area contributed by atoms with Gasteiger partial charge < -0.3 is 9.84 Å². The van der Waals surface area contributed by atoms with Gasteiger partial charge in [0.2, 0.25) is 0 Å². The van der Waals surface area contributed by atoms with Gasteiger partial charge >= 0.3 is 5.97 Å². The van der Waals surface area contributed by atoms with E-state index in [-0.39, 0.29) is 5.56 Å². The van der Waals surface area contributed by atoms with Gasteiger partial charge in [-0.25, -0.2) is 9.78 Å². The van der Waals surface area contributed by atoms with E-state index in [1.165, 1.54) is 11.8 Å². The molecular formula is C23H16ClNO3S. The Labute approximate surface area is 177 Å².